The molecule has 0 aliphatic carbocycles. The van der Waals surface area contributed by atoms with Gasteiger partial charge >= 0.3 is 6.09 Å². The fourth-order valence-electron chi connectivity index (χ4n) is 2.12. The lowest BCUT2D eigenvalue weighted by atomic mass is 10.0. The Balaban J connectivity index is 0.00000158. The molecule has 27 heavy (non-hydrogen) atoms. The normalized spacial score (nSPS) is 12.3. The van der Waals surface area contributed by atoms with E-state index in [1.807, 2.05) is 30.3 Å². The Kier molecular flexibility index (Phi) is 12.0. The van der Waals surface area contributed by atoms with Crippen LogP contribution < -0.4 is 5.32 Å². The number of nitrogens with one attached hydrogen (secondary N) is 1. The molecule has 1 aromatic carbocycles. The maximum Gasteiger partial charge on any atom is 0.407 e. The number of carbonyl (C=O) groups excluding carboxylic acids is 1. The second-order valence-corrected chi connectivity index (χ2v) is 6.26. The Morgan fingerprint density at radius 3 is 2.41 bits per heavy atom. The summed E-state index contributed by atoms with van der Waals surface area (Å²) in [5.41, 5.74) is 0.356. The molecule has 0 saturated heterocycles. The van der Waals surface area contributed by atoms with Crippen molar-refractivity contribution in [1.82, 2.24) is 10.3 Å². The van der Waals surface area contributed by atoms with Gasteiger partial charge in [0.2, 0.25) is 5.89 Å². The number of aliphatic hydroxyl groups is 1. The van der Waals surface area contributed by atoms with Crippen LogP contribution in [0.25, 0.3) is 0 Å². The first-order valence-corrected chi connectivity index (χ1v) is 8.73. The number of thiol groups is 1. The Morgan fingerprint density at radius 2 is 1.93 bits per heavy atom. The zero-order chi connectivity index (χ0) is 20.9. The van der Waals surface area contributed by atoms with E-state index in [1.165, 1.54) is 12.5 Å². The van der Waals surface area contributed by atoms with E-state index in [0.29, 0.717) is 6.42 Å². The SMILES string of the molecule is C=C.CC(C)(C)OC(=O)NC(Cc1ccccc1)C(O)c1ncco1.[B]S. The van der Waals surface area contributed by atoms with Crippen LogP contribution in [0.1, 0.15) is 38.3 Å². The predicted octanol–water partition coefficient (Wildman–Crippen LogP) is 3.65. The number of ether oxygens (including phenoxy) is 1. The number of aromatic nitrogens is 1. The molecular weight excluding hydrogens is 363 g/mol. The highest BCUT2D eigenvalue weighted by atomic mass is 32.1. The minimum Gasteiger partial charge on any atom is -0.446 e. The van der Waals surface area contributed by atoms with Gasteiger partial charge in [0.15, 0.2) is 13.2 Å². The number of hydrogen-bond donors (Lipinski definition) is 3. The van der Waals surface area contributed by atoms with Crippen LogP contribution >= 0.6 is 12.5 Å². The van der Waals surface area contributed by atoms with Gasteiger partial charge in [0.1, 0.15) is 11.9 Å². The van der Waals surface area contributed by atoms with Gasteiger partial charge in [0.25, 0.3) is 0 Å². The lowest BCUT2D eigenvalue weighted by Gasteiger charge is -2.25. The van der Waals surface area contributed by atoms with Crippen LogP contribution in [-0.2, 0) is 11.2 Å². The first-order valence-electron chi connectivity index (χ1n) is 8.22. The van der Waals surface area contributed by atoms with Gasteiger partial charge in [0.05, 0.1) is 12.2 Å². The van der Waals surface area contributed by atoms with Gasteiger partial charge in [0, 0.05) is 0 Å². The number of oxazole rings is 1. The van der Waals surface area contributed by atoms with E-state index in [0.717, 1.165) is 5.56 Å². The first kappa shape index (κ1) is 24.8. The zero-order valence-electron chi connectivity index (χ0n) is 16.0. The van der Waals surface area contributed by atoms with Gasteiger partial charge in [-0.05, 0) is 32.8 Å². The molecule has 2 radical (unpaired) electrons. The van der Waals surface area contributed by atoms with Crippen molar-refractivity contribution in [2.24, 2.45) is 0 Å². The molecule has 146 valence electrons. The standard InChI is InChI=1S/C17H22N2O4.C2H4.BHS/c1-17(2,3)23-16(21)19-13(11-12-7-5-4-6-8-12)14(20)15-18-9-10-22-15;2*1-2/h4-10,13-14,20H,11H2,1-3H3,(H,19,21);1-2H2;2H. The van der Waals surface area contributed by atoms with E-state index in [9.17, 15) is 9.90 Å². The third-order valence-electron chi connectivity index (χ3n) is 3.09. The molecule has 1 amide bonds. The van der Waals surface area contributed by atoms with E-state index in [4.69, 9.17) is 9.15 Å². The van der Waals surface area contributed by atoms with Crippen molar-refractivity contribution in [1.29, 1.82) is 0 Å². The highest BCUT2D eigenvalue weighted by molar-refractivity contribution is 8.03. The minimum absolute atomic E-state index is 0.155. The molecule has 0 spiro atoms. The molecule has 2 unspecified atom stereocenters. The monoisotopic (exact) mass is 390 g/mol. The second-order valence-electron chi connectivity index (χ2n) is 6.26. The minimum atomic E-state index is -1.07. The molecule has 1 heterocycles. The maximum absolute atomic E-state index is 12.0. The molecule has 2 N–H and O–H groups in total. The third-order valence-corrected chi connectivity index (χ3v) is 3.09. The topological polar surface area (TPSA) is 84.6 Å². The molecule has 1 aromatic heterocycles. The van der Waals surface area contributed by atoms with Gasteiger partial charge in [-0.15, -0.1) is 13.2 Å². The Hall–Kier alpha value is -2.19. The third kappa shape index (κ3) is 9.91. The molecular formula is C19H27BN2O4S. The van der Waals surface area contributed by atoms with Gasteiger partial charge in [-0.25, -0.2) is 22.3 Å². The summed E-state index contributed by atoms with van der Waals surface area (Å²) < 4.78 is 10.4. The van der Waals surface area contributed by atoms with E-state index in [-0.39, 0.29) is 5.89 Å². The first-order chi connectivity index (χ1) is 12.8. The Bertz CT molecular complexity index is 633. The number of alkyl carbamates (subject to hydrolysis) is 1. The summed E-state index contributed by atoms with van der Waals surface area (Å²) in [6, 6.07) is 8.93. The number of hydrogen-bond acceptors (Lipinski definition) is 6. The number of amides is 1. The quantitative estimate of drug-likeness (QED) is 0.412. The fraction of sp³-hybridized carbons (Fsp3) is 0.368. The van der Waals surface area contributed by atoms with E-state index < -0.39 is 23.8 Å². The summed E-state index contributed by atoms with van der Waals surface area (Å²) in [4.78, 5) is 16.0. The molecule has 8 heteroatoms. The average Bonchev–Trinajstić information content (AvgIpc) is 3.18. The summed E-state index contributed by atoms with van der Waals surface area (Å²) in [7, 11) is 4.19. The van der Waals surface area contributed by atoms with E-state index >= 15 is 0 Å². The summed E-state index contributed by atoms with van der Waals surface area (Å²) >= 11 is 3.03. The number of aliphatic hydroxyl groups excluding tert-OH is 1. The number of nitrogens with zero attached hydrogens (tertiary/aromatic N) is 1. The predicted molar refractivity (Wildman–Crippen MR) is 111 cm³/mol. The smallest absolute Gasteiger partial charge is 0.407 e. The van der Waals surface area contributed by atoms with Crippen LogP contribution in [0.3, 0.4) is 0 Å². The van der Waals surface area contributed by atoms with Crippen LogP contribution in [0.2, 0.25) is 0 Å². The molecule has 0 aliphatic heterocycles. The Morgan fingerprint density at radius 1 is 1.33 bits per heavy atom. The van der Waals surface area contributed by atoms with Gasteiger partial charge in [-0.3, -0.25) is 0 Å². The lowest BCUT2D eigenvalue weighted by Crippen LogP contribution is -2.43. The molecule has 0 fully saturated rings. The Labute approximate surface area is 167 Å². The van der Waals surface area contributed by atoms with Crippen molar-refractivity contribution in [2.45, 2.75) is 44.9 Å². The molecule has 0 aliphatic rings. The van der Waals surface area contributed by atoms with Crippen LogP contribution in [0, 0.1) is 0 Å². The van der Waals surface area contributed by atoms with Crippen molar-refractivity contribution >= 4 is 25.7 Å². The molecule has 0 saturated carbocycles. The van der Waals surface area contributed by atoms with Crippen molar-refractivity contribution in [3.63, 3.8) is 0 Å². The van der Waals surface area contributed by atoms with Crippen LogP contribution in [0.5, 0.6) is 0 Å². The fourth-order valence-corrected chi connectivity index (χ4v) is 2.12. The molecule has 2 rings (SSSR count). The largest absolute Gasteiger partial charge is 0.446 e. The highest BCUT2D eigenvalue weighted by Crippen LogP contribution is 2.19. The lowest BCUT2D eigenvalue weighted by molar-refractivity contribution is 0.0389. The summed E-state index contributed by atoms with van der Waals surface area (Å²) in [5, 5.41) is 13.2. The van der Waals surface area contributed by atoms with Gasteiger partial charge in [-0.1, -0.05) is 30.3 Å². The molecule has 0 bridgehead atoms. The number of carbonyl (C=O) groups is 1. The van der Waals surface area contributed by atoms with Crippen molar-refractivity contribution < 1.29 is 19.1 Å². The van der Waals surface area contributed by atoms with Crippen molar-refractivity contribution in [2.75, 3.05) is 0 Å². The number of benzene rings is 1. The van der Waals surface area contributed by atoms with E-state index in [1.54, 1.807) is 20.8 Å². The van der Waals surface area contributed by atoms with Gasteiger partial charge in [-0.2, -0.15) is 0 Å². The average molecular weight is 390 g/mol. The summed E-state index contributed by atoms with van der Waals surface area (Å²) in [6.45, 7) is 11.3. The number of rotatable bonds is 5. The zero-order valence-corrected chi connectivity index (χ0v) is 16.9. The van der Waals surface area contributed by atoms with Crippen molar-refractivity contribution in [3.8, 4) is 0 Å². The molecule has 2 aromatic rings. The molecule has 2 atom stereocenters. The second kappa shape index (κ2) is 13.1. The highest BCUT2D eigenvalue weighted by Gasteiger charge is 2.28. The summed E-state index contributed by atoms with van der Waals surface area (Å²) in [5.74, 6) is 0.155. The van der Waals surface area contributed by atoms with Crippen LogP contribution in [0.15, 0.2) is 60.4 Å². The molecule has 6 nitrogen and oxygen atoms in total. The van der Waals surface area contributed by atoms with E-state index in [2.05, 4.69) is 43.1 Å². The maximum atomic E-state index is 12.0. The van der Waals surface area contributed by atoms with Crippen LogP contribution in [0.4, 0.5) is 4.79 Å². The van der Waals surface area contributed by atoms with Gasteiger partial charge < -0.3 is 19.6 Å². The van der Waals surface area contributed by atoms with Crippen molar-refractivity contribution in [3.05, 3.63) is 67.4 Å². The summed E-state index contributed by atoms with van der Waals surface area (Å²) in [6.07, 6.45) is 1.59. The van der Waals surface area contributed by atoms with Crippen LogP contribution in [-0.4, -0.2) is 35.0 Å².